The van der Waals surface area contributed by atoms with Gasteiger partial charge in [-0.2, -0.15) is 0 Å². The molecule has 9 heteroatoms. The highest BCUT2D eigenvalue weighted by atomic mass is 16.6. The van der Waals surface area contributed by atoms with E-state index >= 15 is 0 Å². The van der Waals surface area contributed by atoms with Gasteiger partial charge in [0.25, 0.3) is 0 Å². The molecule has 0 saturated heterocycles. The highest BCUT2D eigenvalue weighted by Gasteiger charge is 2.25. The van der Waals surface area contributed by atoms with Crippen molar-refractivity contribution in [2.45, 2.75) is 104 Å². The summed E-state index contributed by atoms with van der Waals surface area (Å²) in [6.45, 7) is 5.96. The van der Waals surface area contributed by atoms with Gasteiger partial charge in [-0.15, -0.1) is 0 Å². The van der Waals surface area contributed by atoms with E-state index in [0.29, 0.717) is 30.6 Å². The Balaban J connectivity index is 2.44. The SMILES string of the molecule is CCCCCC(=O)Oc1cc(C(=O)OCc2ccccc2OC)cc(OC(=O)CCCCC)c1OC(=O)CCCCC. The highest BCUT2D eigenvalue weighted by Crippen LogP contribution is 2.40. The van der Waals surface area contributed by atoms with Crippen LogP contribution < -0.4 is 18.9 Å². The van der Waals surface area contributed by atoms with Gasteiger partial charge in [-0.25, -0.2) is 4.79 Å². The van der Waals surface area contributed by atoms with Crippen LogP contribution in [0.1, 0.15) is 114 Å². The summed E-state index contributed by atoms with van der Waals surface area (Å²) in [5, 5.41) is 0. The van der Waals surface area contributed by atoms with E-state index in [1.54, 1.807) is 24.3 Å². The average Bonchev–Trinajstić information content (AvgIpc) is 2.97. The first-order valence-corrected chi connectivity index (χ1v) is 14.9. The third kappa shape index (κ3) is 11.9. The van der Waals surface area contributed by atoms with E-state index in [4.69, 9.17) is 23.7 Å². The summed E-state index contributed by atoms with van der Waals surface area (Å²) in [5.74, 6) is -2.50. The van der Waals surface area contributed by atoms with Crippen LogP contribution in [0.3, 0.4) is 0 Å². The largest absolute Gasteiger partial charge is 0.496 e. The number of unbranched alkanes of at least 4 members (excludes halogenated alkanes) is 6. The van der Waals surface area contributed by atoms with Crippen LogP contribution in [0.4, 0.5) is 0 Å². The van der Waals surface area contributed by atoms with Gasteiger partial charge < -0.3 is 23.7 Å². The van der Waals surface area contributed by atoms with Gasteiger partial charge in [0, 0.05) is 24.8 Å². The smallest absolute Gasteiger partial charge is 0.338 e. The van der Waals surface area contributed by atoms with E-state index in [-0.39, 0.29) is 48.7 Å². The molecule has 0 fully saturated rings. The molecule has 0 aromatic heterocycles. The fourth-order valence-corrected chi connectivity index (χ4v) is 4.07. The van der Waals surface area contributed by atoms with Crippen LogP contribution in [0.25, 0.3) is 0 Å². The van der Waals surface area contributed by atoms with Crippen LogP contribution in [0.2, 0.25) is 0 Å². The van der Waals surface area contributed by atoms with Gasteiger partial charge in [-0.1, -0.05) is 77.5 Å². The van der Waals surface area contributed by atoms with E-state index in [0.717, 1.165) is 38.5 Å². The number of hydrogen-bond acceptors (Lipinski definition) is 9. The van der Waals surface area contributed by atoms with Crippen LogP contribution >= 0.6 is 0 Å². The van der Waals surface area contributed by atoms with Crippen molar-refractivity contribution in [1.82, 2.24) is 0 Å². The molecule has 0 atom stereocenters. The second-order valence-corrected chi connectivity index (χ2v) is 9.98. The van der Waals surface area contributed by atoms with E-state index in [9.17, 15) is 19.2 Å². The molecule has 230 valence electrons. The van der Waals surface area contributed by atoms with Gasteiger partial charge in [0.1, 0.15) is 12.4 Å². The number of methoxy groups -OCH3 is 1. The first-order chi connectivity index (χ1) is 20.3. The molecule has 0 N–H and O–H groups in total. The molecule has 9 nitrogen and oxygen atoms in total. The van der Waals surface area contributed by atoms with Crippen LogP contribution in [0.15, 0.2) is 36.4 Å². The maximum absolute atomic E-state index is 13.2. The Labute approximate surface area is 248 Å². The standard InChI is InChI=1S/C33H44O9/c1-5-8-11-18-29(34)40-27-21-25(33(37)39-23-24-16-14-15-17-26(24)38-4)22-28(41-30(35)19-12-9-6-2)32(27)42-31(36)20-13-10-7-3/h14-17,21-22H,5-13,18-20,23H2,1-4H3. The highest BCUT2D eigenvalue weighted by molar-refractivity contribution is 5.92. The number of hydrogen-bond donors (Lipinski definition) is 0. The minimum atomic E-state index is -0.756. The van der Waals surface area contributed by atoms with Crippen molar-refractivity contribution in [2.24, 2.45) is 0 Å². The van der Waals surface area contributed by atoms with Crippen LogP contribution in [0, 0.1) is 0 Å². The molecule has 2 rings (SSSR count). The summed E-state index contributed by atoms with van der Waals surface area (Å²) in [7, 11) is 1.52. The van der Waals surface area contributed by atoms with Gasteiger partial charge in [0.15, 0.2) is 11.5 Å². The van der Waals surface area contributed by atoms with Crippen molar-refractivity contribution in [1.29, 1.82) is 0 Å². The zero-order valence-electron chi connectivity index (χ0n) is 25.3. The summed E-state index contributed by atoms with van der Waals surface area (Å²) < 4.78 is 27.6. The molecule has 0 aliphatic rings. The lowest BCUT2D eigenvalue weighted by molar-refractivity contribution is -0.138. The molecule has 0 heterocycles. The summed E-state index contributed by atoms with van der Waals surface area (Å²) >= 11 is 0. The Kier molecular flexibility index (Phi) is 15.8. The van der Waals surface area contributed by atoms with Crippen LogP contribution in [0.5, 0.6) is 23.0 Å². The van der Waals surface area contributed by atoms with Gasteiger partial charge in [0.05, 0.1) is 12.7 Å². The first-order valence-electron chi connectivity index (χ1n) is 14.9. The van der Waals surface area contributed by atoms with Crippen molar-refractivity contribution in [3.63, 3.8) is 0 Å². The van der Waals surface area contributed by atoms with Crippen molar-refractivity contribution < 1.29 is 42.9 Å². The van der Waals surface area contributed by atoms with Crippen LogP contribution in [-0.4, -0.2) is 31.0 Å². The monoisotopic (exact) mass is 584 g/mol. The van der Waals surface area contributed by atoms with Gasteiger partial charge in [-0.3, -0.25) is 14.4 Å². The number of ether oxygens (including phenoxy) is 5. The van der Waals surface area contributed by atoms with E-state index in [1.165, 1.54) is 19.2 Å². The van der Waals surface area contributed by atoms with Gasteiger partial charge >= 0.3 is 23.9 Å². The van der Waals surface area contributed by atoms with Gasteiger partial charge in [-0.05, 0) is 37.5 Å². The number of rotatable bonds is 19. The summed E-state index contributed by atoms with van der Waals surface area (Å²) in [6.07, 6.45) is 7.49. The molecule has 2 aromatic rings. The third-order valence-electron chi connectivity index (χ3n) is 6.42. The summed E-state index contributed by atoms with van der Waals surface area (Å²) in [6, 6.07) is 9.65. The summed E-state index contributed by atoms with van der Waals surface area (Å²) in [5.41, 5.74) is 0.611. The quantitative estimate of drug-likeness (QED) is 0.0940. The van der Waals surface area contributed by atoms with Crippen molar-refractivity contribution in [3.8, 4) is 23.0 Å². The number of benzene rings is 2. The van der Waals surface area contributed by atoms with Crippen molar-refractivity contribution in [3.05, 3.63) is 47.5 Å². The third-order valence-corrected chi connectivity index (χ3v) is 6.42. The number of para-hydroxylation sites is 1. The maximum atomic E-state index is 13.2. The molecule has 0 aliphatic heterocycles. The lowest BCUT2D eigenvalue weighted by Crippen LogP contribution is -2.16. The topological polar surface area (TPSA) is 114 Å². The molecule has 42 heavy (non-hydrogen) atoms. The number of carbonyl (C=O) groups excluding carboxylic acids is 4. The molecule has 0 aliphatic carbocycles. The summed E-state index contributed by atoms with van der Waals surface area (Å²) in [4.78, 5) is 51.3. The molecule has 0 radical (unpaired) electrons. The molecular formula is C33H44O9. The molecule has 0 bridgehead atoms. The van der Waals surface area contributed by atoms with Crippen LogP contribution in [-0.2, 0) is 25.7 Å². The zero-order valence-corrected chi connectivity index (χ0v) is 25.3. The molecule has 0 unspecified atom stereocenters. The first kappa shape index (κ1) is 34.3. The normalized spacial score (nSPS) is 10.6. The second-order valence-electron chi connectivity index (χ2n) is 9.98. The maximum Gasteiger partial charge on any atom is 0.338 e. The zero-order chi connectivity index (χ0) is 30.7. The Bertz CT molecular complexity index is 1130. The molecular weight excluding hydrogens is 540 g/mol. The fraction of sp³-hybridized carbons (Fsp3) is 0.515. The molecule has 2 aromatic carbocycles. The lowest BCUT2D eigenvalue weighted by atomic mass is 10.1. The number of esters is 4. The Morgan fingerprint density at radius 1 is 0.619 bits per heavy atom. The molecule has 0 spiro atoms. The van der Waals surface area contributed by atoms with E-state index < -0.39 is 23.9 Å². The fourth-order valence-electron chi connectivity index (χ4n) is 4.07. The second kappa shape index (κ2) is 19.3. The predicted octanol–water partition coefficient (Wildman–Crippen LogP) is 7.51. The Hall–Kier alpha value is -3.88. The Morgan fingerprint density at radius 2 is 1.10 bits per heavy atom. The predicted molar refractivity (Wildman–Crippen MR) is 158 cm³/mol. The average molecular weight is 585 g/mol. The van der Waals surface area contributed by atoms with Gasteiger partial charge in [0.2, 0.25) is 5.75 Å². The Morgan fingerprint density at radius 3 is 1.57 bits per heavy atom. The number of carbonyl (C=O) groups is 4. The lowest BCUT2D eigenvalue weighted by Gasteiger charge is -2.17. The molecule has 0 saturated carbocycles. The minimum Gasteiger partial charge on any atom is -0.496 e. The van der Waals surface area contributed by atoms with E-state index in [1.807, 2.05) is 20.8 Å². The molecule has 0 amide bonds. The van der Waals surface area contributed by atoms with E-state index in [2.05, 4.69) is 0 Å². The minimum absolute atomic E-state index is 0.0385. The van der Waals surface area contributed by atoms with Crippen molar-refractivity contribution >= 4 is 23.9 Å². The van der Waals surface area contributed by atoms with Crippen molar-refractivity contribution in [2.75, 3.05) is 7.11 Å².